The van der Waals surface area contributed by atoms with Crippen LogP contribution in [0.4, 0.5) is 0 Å². The van der Waals surface area contributed by atoms with Gasteiger partial charge in [-0.15, -0.1) is 11.3 Å². The van der Waals surface area contributed by atoms with Crippen LogP contribution in [0.1, 0.15) is 41.4 Å². The molecule has 2 aromatic rings. The average Bonchev–Trinajstić information content (AvgIpc) is 3.35. The number of hydrogen-bond acceptors (Lipinski definition) is 7. The molecule has 0 spiro atoms. The van der Waals surface area contributed by atoms with Crippen LogP contribution in [0.5, 0.6) is 5.75 Å². The first-order valence-electron chi connectivity index (χ1n) is 10.4. The van der Waals surface area contributed by atoms with Crippen LogP contribution in [0.15, 0.2) is 30.3 Å². The molecular weight excluding hydrogens is 438 g/mol. The van der Waals surface area contributed by atoms with Crippen LogP contribution < -0.4 is 4.74 Å². The van der Waals surface area contributed by atoms with E-state index in [1.807, 2.05) is 31.2 Å². The molecule has 0 aliphatic carbocycles. The smallest absolute Gasteiger partial charge is 0.348 e. The van der Waals surface area contributed by atoms with Crippen molar-refractivity contribution in [2.24, 2.45) is 0 Å². The lowest BCUT2D eigenvalue weighted by Gasteiger charge is -2.28. The zero-order chi connectivity index (χ0) is 22.0. The zero-order valence-electron chi connectivity index (χ0n) is 17.3. The van der Waals surface area contributed by atoms with E-state index in [0.29, 0.717) is 24.4 Å². The second kappa shape index (κ2) is 9.00. The number of carbonyl (C=O) groups is 2. The first kappa shape index (κ1) is 21.8. The molecule has 31 heavy (non-hydrogen) atoms. The second-order valence-corrected chi connectivity index (χ2v) is 11.1. The molecule has 2 aliphatic heterocycles. The van der Waals surface area contributed by atoms with E-state index >= 15 is 0 Å². The topological polar surface area (TPSA) is 90.0 Å². The molecule has 166 valence electrons. The fraction of sp³-hybridized carbons (Fsp3) is 0.455. The molecule has 4 rings (SSSR count). The van der Waals surface area contributed by atoms with E-state index in [4.69, 9.17) is 9.47 Å². The molecule has 0 bridgehead atoms. The maximum Gasteiger partial charge on any atom is 0.348 e. The fourth-order valence-electron chi connectivity index (χ4n) is 3.94. The third-order valence-electron chi connectivity index (χ3n) is 5.57. The molecule has 1 amide bonds. The van der Waals surface area contributed by atoms with Crippen LogP contribution in [0.2, 0.25) is 0 Å². The average molecular weight is 464 g/mol. The van der Waals surface area contributed by atoms with Gasteiger partial charge < -0.3 is 14.4 Å². The van der Waals surface area contributed by atoms with Gasteiger partial charge in [0.15, 0.2) is 16.4 Å². The van der Waals surface area contributed by atoms with Crippen molar-refractivity contribution in [2.45, 2.75) is 38.8 Å². The number of para-hydroxylation sites is 1. The molecule has 1 atom stereocenters. The summed E-state index contributed by atoms with van der Waals surface area (Å²) in [5.74, 6) is -0.0471. The van der Waals surface area contributed by atoms with Gasteiger partial charge in [0, 0.05) is 28.6 Å². The Labute approximate surface area is 185 Å². The van der Waals surface area contributed by atoms with Crippen LogP contribution in [0.3, 0.4) is 0 Å². The van der Waals surface area contributed by atoms with Crippen molar-refractivity contribution < 1.29 is 27.5 Å². The number of nitrogens with zero attached hydrogens (tertiary/aromatic N) is 1. The van der Waals surface area contributed by atoms with Gasteiger partial charge in [0.1, 0.15) is 17.2 Å². The Kier molecular flexibility index (Phi) is 6.34. The van der Waals surface area contributed by atoms with E-state index < -0.39 is 22.4 Å². The minimum atomic E-state index is -3.11. The Balaban J connectivity index is 1.42. The lowest BCUT2D eigenvalue weighted by Crippen LogP contribution is -2.43. The molecule has 2 aliphatic rings. The first-order valence-corrected chi connectivity index (χ1v) is 13.0. The third-order valence-corrected chi connectivity index (χ3v) is 8.51. The van der Waals surface area contributed by atoms with Gasteiger partial charge in [0.25, 0.3) is 5.91 Å². The van der Waals surface area contributed by atoms with Gasteiger partial charge >= 0.3 is 5.97 Å². The Morgan fingerprint density at radius 1 is 1.29 bits per heavy atom. The molecule has 3 heterocycles. The normalized spacial score (nSPS) is 18.5. The van der Waals surface area contributed by atoms with Crippen LogP contribution in [0.25, 0.3) is 10.4 Å². The minimum Gasteiger partial charge on any atom is -0.488 e. The highest BCUT2D eigenvalue weighted by Crippen LogP contribution is 2.42. The fourth-order valence-corrected chi connectivity index (χ4v) is 6.76. The number of ether oxygens (including phenoxy) is 2. The summed E-state index contributed by atoms with van der Waals surface area (Å²) < 4.78 is 34.7. The molecule has 1 fully saturated rings. The molecule has 0 radical (unpaired) electrons. The Morgan fingerprint density at radius 2 is 2.10 bits per heavy atom. The van der Waals surface area contributed by atoms with Gasteiger partial charge in [0.05, 0.1) is 11.5 Å². The van der Waals surface area contributed by atoms with Crippen LogP contribution >= 0.6 is 11.3 Å². The Bertz CT molecular complexity index is 1090. The number of thiophene rings is 1. The summed E-state index contributed by atoms with van der Waals surface area (Å²) in [6.07, 6.45) is 2.09. The van der Waals surface area contributed by atoms with Gasteiger partial charge in [-0.25, -0.2) is 13.2 Å². The van der Waals surface area contributed by atoms with Gasteiger partial charge in [0.2, 0.25) is 0 Å². The molecule has 1 aromatic heterocycles. The van der Waals surface area contributed by atoms with Crippen molar-refractivity contribution in [1.82, 2.24) is 4.90 Å². The maximum absolute atomic E-state index is 12.8. The highest BCUT2D eigenvalue weighted by molar-refractivity contribution is 7.91. The van der Waals surface area contributed by atoms with E-state index in [9.17, 15) is 18.0 Å². The van der Waals surface area contributed by atoms with E-state index in [1.54, 1.807) is 11.0 Å². The first-order chi connectivity index (χ1) is 14.9. The summed E-state index contributed by atoms with van der Waals surface area (Å²) in [6, 6.07) is 9.07. The van der Waals surface area contributed by atoms with Crippen LogP contribution in [-0.2, 0) is 26.0 Å². The summed E-state index contributed by atoms with van der Waals surface area (Å²) in [5, 5.41) is 0. The maximum atomic E-state index is 12.8. The number of hydrogen-bond donors (Lipinski definition) is 0. The lowest BCUT2D eigenvalue weighted by molar-refractivity contribution is -0.136. The van der Waals surface area contributed by atoms with Gasteiger partial charge in [-0.05, 0) is 31.0 Å². The minimum absolute atomic E-state index is 0.0204. The number of carbonyl (C=O) groups excluding carboxylic acids is 2. The van der Waals surface area contributed by atoms with Gasteiger partial charge in [-0.1, -0.05) is 25.5 Å². The number of esters is 1. The third kappa shape index (κ3) is 4.77. The lowest BCUT2D eigenvalue weighted by atomic mass is 10.1. The molecular formula is C22H25NO6S2. The van der Waals surface area contributed by atoms with Crippen molar-refractivity contribution in [1.29, 1.82) is 0 Å². The molecule has 7 nitrogen and oxygen atoms in total. The van der Waals surface area contributed by atoms with Crippen LogP contribution in [0, 0.1) is 0 Å². The number of fused-ring (bicyclic) bond motifs is 3. The van der Waals surface area contributed by atoms with Gasteiger partial charge in [-0.3, -0.25) is 4.79 Å². The SMILES string of the molecule is CCCCN(C(=O)COC(=O)c1cc2c(s1)-c1ccccc1OC2)C1CCS(=O)(=O)C1. The van der Waals surface area contributed by atoms with Gasteiger partial charge in [-0.2, -0.15) is 0 Å². The summed E-state index contributed by atoms with van der Waals surface area (Å²) in [4.78, 5) is 28.4. The number of amides is 1. The number of sulfone groups is 1. The van der Waals surface area contributed by atoms with E-state index in [-0.39, 0.29) is 23.5 Å². The predicted molar refractivity (Wildman–Crippen MR) is 118 cm³/mol. The highest BCUT2D eigenvalue weighted by Gasteiger charge is 2.34. The monoisotopic (exact) mass is 463 g/mol. The number of benzene rings is 1. The van der Waals surface area contributed by atoms with E-state index in [1.165, 1.54) is 11.3 Å². The quantitative estimate of drug-likeness (QED) is 0.586. The largest absolute Gasteiger partial charge is 0.488 e. The predicted octanol–water partition coefficient (Wildman–Crippen LogP) is 3.28. The summed E-state index contributed by atoms with van der Waals surface area (Å²) >= 11 is 1.33. The Morgan fingerprint density at radius 3 is 2.84 bits per heavy atom. The van der Waals surface area contributed by atoms with Crippen molar-refractivity contribution in [3.05, 3.63) is 40.8 Å². The highest BCUT2D eigenvalue weighted by atomic mass is 32.2. The molecule has 1 unspecified atom stereocenters. The van der Waals surface area contributed by atoms with Crippen molar-refractivity contribution in [3.8, 4) is 16.2 Å². The Hall–Kier alpha value is -2.39. The van der Waals surface area contributed by atoms with Crippen molar-refractivity contribution in [2.75, 3.05) is 24.7 Å². The van der Waals surface area contributed by atoms with E-state index in [0.717, 1.165) is 34.6 Å². The zero-order valence-corrected chi connectivity index (χ0v) is 19.0. The van der Waals surface area contributed by atoms with Crippen LogP contribution in [-0.4, -0.2) is 55.9 Å². The molecule has 1 aromatic carbocycles. The molecule has 9 heteroatoms. The summed E-state index contributed by atoms with van der Waals surface area (Å²) in [7, 11) is -3.11. The summed E-state index contributed by atoms with van der Waals surface area (Å²) in [6.45, 7) is 2.47. The second-order valence-electron chi connectivity index (χ2n) is 7.82. The number of rotatable bonds is 7. The molecule has 1 saturated heterocycles. The van der Waals surface area contributed by atoms with Crippen molar-refractivity contribution in [3.63, 3.8) is 0 Å². The van der Waals surface area contributed by atoms with E-state index in [2.05, 4.69) is 0 Å². The van der Waals surface area contributed by atoms with Crippen molar-refractivity contribution >= 4 is 33.1 Å². The molecule has 0 N–H and O–H groups in total. The molecule has 0 saturated carbocycles. The number of unbranched alkanes of at least 4 members (excludes halogenated alkanes) is 1. The standard InChI is InChI=1S/C22H25NO6S2/c1-2-3-9-23(16-8-10-31(26,27)14-16)20(24)13-29-22(25)19-11-15-12-28-18-7-5-4-6-17(18)21(15)30-19/h4-7,11,16H,2-3,8-10,12-14H2,1H3. The summed E-state index contributed by atoms with van der Waals surface area (Å²) in [5.41, 5.74) is 1.86.